The first-order chi connectivity index (χ1) is 9.56. The Morgan fingerprint density at radius 1 is 1.24 bits per heavy atom. The summed E-state index contributed by atoms with van der Waals surface area (Å²) < 4.78 is 5.09. The number of amides is 1. The maximum Gasteiger partial charge on any atom is 0.407 e. The Hall–Kier alpha value is -1.38. The number of carboxylic acids is 1. The third-order valence-corrected chi connectivity index (χ3v) is 2.50. The van der Waals surface area contributed by atoms with E-state index >= 15 is 0 Å². The predicted octanol–water partition coefficient (Wildman–Crippen LogP) is 0.0333. The molecule has 0 radical (unpaired) electrons. The van der Waals surface area contributed by atoms with Crippen LogP contribution in [0.4, 0.5) is 4.79 Å². The lowest BCUT2D eigenvalue weighted by Gasteiger charge is -2.29. The molecular weight excluding hydrogens is 280 g/mol. The highest BCUT2D eigenvalue weighted by Crippen LogP contribution is 2.10. The van der Waals surface area contributed by atoms with Gasteiger partial charge in [0.2, 0.25) is 0 Å². The van der Waals surface area contributed by atoms with Crippen LogP contribution in [0.3, 0.4) is 0 Å². The number of aliphatic hydroxyl groups is 2. The molecule has 3 atom stereocenters. The van der Waals surface area contributed by atoms with Crippen LogP contribution < -0.4 is 10.6 Å². The van der Waals surface area contributed by atoms with Gasteiger partial charge < -0.3 is 25.4 Å². The number of carboxylic acid groups (broad SMARTS) is 1. The molecule has 0 aromatic rings. The molecule has 0 aromatic heterocycles. The molecule has 0 bridgehead atoms. The third kappa shape index (κ3) is 9.22. The number of carbonyl (C=O) groups is 2. The van der Waals surface area contributed by atoms with Crippen molar-refractivity contribution in [1.82, 2.24) is 10.6 Å². The standard InChI is InChI=1S/C13H26N2O6/c1-5-6-8(15-12(20)21-13(2,3)4)10(18)11(19)14-7-9(16)17/h8,10-11,14,18-19H,5-7H2,1-4H3,(H,15,20)(H,16,17). The molecule has 124 valence electrons. The van der Waals surface area contributed by atoms with Crippen molar-refractivity contribution in [2.24, 2.45) is 0 Å². The molecule has 21 heavy (non-hydrogen) atoms. The minimum Gasteiger partial charge on any atom is -0.480 e. The van der Waals surface area contributed by atoms with E-state index in [1.165, 1.54) is 0 Å². The Morgan fingerprint density at radius 2 is 1.81 bits per heavy atom. The van der Waals surface area contributed by atoms with Gasteiger partial charge in [0.15, 0.2) is 0 Å². The number of rotatable bonds is 8. The molecule has 0 saturated carbocycles. The van der Waals surface area contributed by atoms with E-state index in [2.05, 4.69) is 10.6 Å². The number of carbonyl (C=O) groups excluding carboxylic acids is 1. The van der Waals surface area contributed by atoms with Gasteiger partial charge in [-0.3, -0.25) is 10.1 Å². The average Bonchev–Trinajstić information content (AvgIpc) is 2.32. The van der Waals surface area contributed by atoms with Gasteiger partial charge in [0.25, 0.3) is 0 Å². The van der Waals surface area contributed by atoms with Crippen molar-refractivity contribution in [2.45, 2.75) is 64.5 Å². The van der Waals surface area contributed by atoms with Gasteiger partial charge in [-0.1, -0.05) is 13.3 Å². The summed E-state index contributed by atoms with van der Waals surface area (Å²) in [5.41, 5.74) is -0.675. The molecular formula is C13H26N2O6. The monoisotopic (exact) mass is 306 g/mol. The Bertz CT molecular complexity index is 342. The molecule has 8 heteroatoms. The quantitative estimate of drug-likeness (QED) is 0.400. The van der Waals surface area contributed by atoms with Crippen LogP contribution in [0, 0.1) is 0 Å². The number of hydrogen-bond donors (Lipinski definition) is 5. The second-order valence-electron chi connectivity index (χ2n) is 5.75. The predicted molar refractivity (Wildman–Crippen MR) is 75.7 cm³/mol. The SMILES string of the molecule is CCCC(NC(=O)OC(C)(C)C)C(O)C(O)NCC(=O)O. The number of aliphatic hydroxyl groups excluding tert-OH is 2. The number of hydrogen-bond acceptors (Lipinski definition) is 6. The van der Waals surface area contributed by atoms with Crippen LogP contribution in [0.25, 0.3) is 0 Å². The van der Waals surface area contributed by atoms with Crippen molar-refractivity contribution in [3.05, 3.63) is 0 Å². The zero-order chi connectivity index (χ0) is 16.6. The van der Waals surface area contributed by atoms with E-state index in [0.29, 0.717) is 12.8 Å². The molecule has 1 amide bonds. The van der Waals surface area contributed by atoms with Crippen molar-refractivity contribution in [3.63, 3.8) is 0 Å². The van der Waals surface area contributed by atoms with Gasteiger partial charge in [0.1, 0.15) is 17.9 Å². The highest BCUT2D eigenvalue weighted by atomic mass is 16.6. The van der Waals surface area contributed by atoms with Crippen molar-refractivity contribution in [1.29, 1.82) is 0 Å². The minimum absolute atomic E-state index is 0.409. The molecule has 0 fully saturated rings. The minimum atomic E-state index is -1.47. The van der Waals surface area contributed by atoms with Gasteiger partial charge >= 0.3 is 12.1 Å². The van der Waals surface area contributed by atoms with Gasteiger partial charge in [-0.2, -0.15) is 0 Å². The second kappa shape index (κ2) is 8.81. The number of ether oxygens (including phenoxy) is 1. The van der Waals surface area contributed by atoms with Gasteiger partial charge in [-0.25, -0.2) is 4.79 Å². The topological polar surface area (TPSA) is 128 Å². The summed E-state index contributed by atoms with van der Waals surface area (Å²) in [6.45, 7) is 6.49. The summed E-state index contributed by atoms with van der Waals surface area (Å²) in [5, 5.41) is 32.9. The van der Waals surface area contributed by atoms with Gasteiger partial charge in [0, 0.05) is 0 Å². The molecule has 0 aromatic carbocycles. The first-order valence-electron chi connectivity index (χ1n) is 6.87. The normalized spacial score (nSPS) is 15.9. The lowest BCUT2D eigenvalue weighted by molar-refractivity contribution is -0.137. The fraction of sp³-hybridized carbons (Fsp3) is 0.846. The molecule has 5 N–H and O–H groups in total. The van der Waals surface area contributed by atoms with Crippen LogP contribution in [0.5, 0.6) is 0 Å². The average molecular weight is 306 g/mol. The lowest BCUT2D eigenvalue weighted by Crippen LogP contribution is -2.54. The fourth-order valence-electron chi connectivity index (χ4n) is 1.63. The van der Waals surface area contributed by atoms with Crippen LogP contribution in [0.2, 0.25) is 0 Å². The van der Waals surface area contributed by atoms with Crippen LogP contribution in [-0.2, 0) is 9.53 Å². The maximum absolute atomic E-state index is 11.7. The van der Waals surface area contributed by atoms with E-state index in [-0.39, 0.29) is 0 Å². The Balaban J connectivity index is 4.57. The summed E-state index contributed by atoms with van der Waals surface area (Å²) in [6, 6.07) is -0.749. The summed E-state index contributed by atoms with van der Waals surface area (Å²) in [6.07, 6.45) is -2.45. The Kier molecular flexibility index (Phi) is 8.23. The largest absolute Gasteiger partial charge is 0.480 e. The van der Waals surface area contributed by atoms with E-state index in [1.807, 2.05) is 6.92 Å². The molecule has 0 heterocycles. The first-order valence-corrected chi connectivity index (χ1v) is 6.87. The van der Waals surface area contributed by atoms with E-state index in [9.17, 15) is 19.8 Å². The van der Waals surface area contributed by atoms with Crippen molar-refractivity contribution < 1.29 is 29.6 Å². The fourth-order valence-corrected chi connectivity index (χ4v) is 1.63. The molecule has 8 nitrogen and oxygen atoms in total. The maximum atomic E-state index is 11.7. The molecule has 0 spiro atoms. The van der Waals surface area contributed by atoms with Crippen LogP contribution >= 0.6 is 0 Å². The number of nitrogens with one attached hydrogen (secondary N) is 2. The molecule has 0 saturated heterocycles. The van der Waals surface area contributed by atoms with E-state index in [0.717, 1.165) is 0 Å². The van der Waals surface area contributed by atoms with Crippen molar-refractivity contribution in [2.75, 3.05) is 6.54 Å². The van der Waals surface area contributed by atoms with Gasteiger partial charge in [-0.15, -0.1) is 0 Å². The van der Waals surface area contributed by atoms with Crippen molar-refractivity contribution in [3.8, 4) is 0 Å². The molecule has 0 aliphatic heterocycles. The lowest BCUT2D eigenvalue weighted by atomic mass is 10.0. The van der Waals surface area contributed by atoms with Gasteiger partial charge in [-0.05, 0) is 27.2 Å². The van der Waals surface area contributed by atoms with E-state index < -0.39 is 42.6 Å². The zero-order valence-electron chi connectivity index (χ0n) is 12.9. The third-order valence-electron chi connectivity index (χ3n) is 2.50. The second-order valence-corrected chi connectivity index (χ2v) is 5.75. The number of alkyl carbamates (subject to hydrolysis) is 1. The number of aliphatic carboxylic acids is 1. The summed E-state index contributed by atoms with van der Waals surface area (Å²) >= 11 is 0. The summed E-state index contributed by atoms with van der Waals surface area (Å²) in [4.78, 5) is 22.1. The zero-order valence-corrected chi connectivity index (χ0v) is 12.9. The molecule has 0 rings (SSSR count). The van der Waals surface area contributed by atoms with Gasteiger partial charge in [0.05, 0.1) is 12.6 Å². The van der Waals surface area contributed by atoms with E-state index in [1.54, 1.807) is 20.8 Å². The smallest absolute Gasteiger partial charge is 0.407 e. The molecule has 3 unspecified atom stereocenters. The Morgan fingerprint density at radius 3 is 2.24 bits per heavy atom. The van der Waals surface area contributed by atoms with Crippen molar-refractivity contribution >= 4 is 12.1 Å². The molecule has 0 aliphatic rings. The first kappa shape index (κ1) is 19.6. The Labute approximate surface area is 124 Å². The highest BCUT2D eigenvalue weighted by molar-refractivity contribution is 5.69. The summed E-state index contributed by atoms with van der Waals surface area (Å²) in [7, 11) is 0. The van der Waals surface area contributed by atoms with Crippen LogP contribution in [0.15, 0.2) is 0 Å². The summed E-state index contributed by atoms with van der Waals surface area (Å²) in [5.74, 6) is -1.16. The van der Waals surface area contributed by atoms with E-state index in [4.69, 9.17) is 9.84 Å². The van der Waals surface area contributed by atoms with Crippen LogP contribution in [0.1, 0.15) is 40.5 Å². The van der Waals surface area contributed by atoms with Crippen LogP contribution in [-0.4, -0.2) is 57.9 Å². The highest BCUT2D eigenvalue weighted by Gasteiger charge is 2.29. The molecule has 0 aliphatic carbocycles.